The molecule has 0 radical (unpaired) electrons. The monoisotopic (exact) mass is 292 g/mol. The number of ether oxygens (including phenoxy) is 2. The molecule has 1 saturated carbocycles. The summed E-state index contributed by atoms with van der Waals surface area (Å²) >= 11 is 0. The second-order valence-electron chi connectivity index (χ2n) is 7.13. The first-order valence-corrected chi connectivity index (χ1v) is 7.84. The van der Waals surface area contributed by atoms with Crippen LogP contribution in [0.2, 0.25) is 0 Å². The summed E-state index contributed by atoms with van der Waals surface area (Å²) in [7, 11) is 1.62. The minimum absolute atomic E-state index is 0.244. The molecule has 21 heavy (non-hydrogen) atoms. The van der Waals surface area contributed by atoms with Crippen LogP contribution in [0, 0.1) is 11.3 Å². The van der Waals surface area contributed by atoms with Gasteiger partial charge in [0.1, 0.15) is 11.9 Å². The summed E-state index contributed by atoms with van der Waals surface area (Å²) in [6, 6.07) is 7.57. The maximum Gasteiger partial charge on any atom is 0.124 e. The van der Waals surface area contributed by atoms with Crippen LogP contribution in [0.3, 0.4) is 0 Å². The van der Waals surface area contributed by atoms with Gasteiger partial charge < -0.3 is 14.6 Å². The van der Waals surface area contributed by atoms with Crippen LogP contribution in [0.15, 0.2) is 24.3 Å². The second-order valence-corrected chi connectivity index (χ2v) is 7.13. The fourth-order valence-electron chi connectivity index (χ4n) is 3.64. The van der Waals surface area contributed by atoms with Crippen LogP contribution < -0.4 is 4.74 Å². The van der Waals surface area contributed by atoms with Crippen LogP contribution in [0.25, 0.3) is 0 Å². The van der Waals surface area contributed by atoms with Crippen molar-refractivity contribution in [3.63, 3.8) is 0 Å². The Bertz CT molecular complexity index is 456. The Morgan fingerprint density at radius 3 is 2.67 bits per heavy atom. The standard InChI is InChI=1S/C18H28O3/c1-13-9-14(11-18(2,3)10-13)21-12-16(19)15-7-5-6-8-17(15)20-4/h5-8,13-14,16,19H,9-12H2,1-4H3. The van der Waals surface area contributed by atoms with E-state index in [1.807, 2.05) is 24.3 Å². The Morgan fingerprint density at radius 1 is 1.29 bits per heavy atom. The number of aliphatic hydroxyl groups is 1. The third-order valence-corrected chi connectivity index (χ3v) is 4.33. The molecule has 118 valence electrons. The van der Waals surface area contributed by atoms with E-state index in [0.29, 0.717) is 23.7 Å². The van der Waals surface area contributed by atoms with Crippen molar-refractivity contribution in [3.8, 4) is 5.75 Å². The van der Waals surface area contributed by atoms with E-state index in [2.05, 4.69) is 20.8 Å². The van der Waals surface area contributed by atoms with Gasteiger partial charge in [0.2, 0.25) is 0 Å². The van der Waals surface area contributed by atoms with Gasteiger partial charge in [-0.25, -0.2) is 0 Å². The molecule has 0 bridgehead atoms. The number of hydrogen-bond donors (Lipinski definition) is 1. The molecule has 3 atom stereocenters. The van der Waals surface area contributed by atoms with Crippen molar-refractivity contribution in [3.05, 3.63) is 29.8 Å². The van der Waals surface area contributed by atoms with Gasteiger partial charge in [-0.1, -0.05) is 39.0 Å². The minimum Gasteiger partial charge on any atom is -0.496 e. The van der Waals surface area contributed by atoms with Gasteiger partial charge in [-0.15, -0.1) is 0 Å². The summed E-state index contributed by atoms with van der Waals surface area (Å²) in [4.78, 5) is 0. The number of methoxy groups -OCH3 is 1. The molecule has 1 aliphatic rings. The van der Waals surface area contributed by atoms with Gasteiger partial charge in [-0.05, 0) is 36.7 Å². The maximum absolute atomic E-state index is 10.4. The lowest BCUT2D eigenvalue weighted by Gasteiger charge is -2.39. The fraction of sp³-hybridized carbons (Fsp3) is 0.667. The first-order chi connectivity index (χ1) is 9.91. The Morgan fingerprint density at radius 2 is 2.00 bits per heavy atom. The lowest BCUT2D eigenvalue weighted by Crippen LogP contribution is -2.33. The van der Waals surface area contributed by atoms with Crippen LogP contribution in [0.4, 0.5) is 0 Å². The zero-order chi connectivity index (χ0) is 15.5. The highest BCUT2D eigenvalue weighted by molar-refractivity contribution is 5.34. The van der Waals surface area contributed by atoms with Gasteiger partial charge in [0.05, 0.1) is 19.8 Å². The molecule has 2 rings (SSSR count). The normalized spacial score (nSPS) is 26.3. The van der Waals surface area contributed by atoms with Crippen molar-refractivity contribution in [2.45, 2.75) is 52.2 Å². The number of hydrogen-bond acceptors (Lipinski definition) is 3. The molecule has 1 aromatic rings. The van der Waals surface area contributed by atoms with E-state index in [9.17, 15) is 5.11 Å². The SMILES string of the molecule is COc1ccccc1C(O)COC1CC(C)CC(C)(C)C1. The van der Waals surface area contributed by atoms with Crippen LogP contribution in [0.1, 0.15) is 51.7 Å². The van der Waals surface area contributed by atoms with Crippen LogP contribution in [-0.4, -0.2) is 24.9 Å². The van der Waals surface area contributed by atoms with Gasteiger partial charge in [0.25, 0.3) is 0 Å². The molecule has 0 heterocycles. The number of aliphatic hydroxyl groups excluding tert-OH is 1. The number of rotatable bonds is 5. The van der Waals surface area contributed by atoms with Gasteiger partial charge in [0, 0.05) is 5.56 Å². The third-order valence-electron chi connectivity index (χ3n) is 4.33. The van der Waals surface area contributed by atoms with E-state index < -0.39 is 6.10 Å². The quantitative estimate of drug-likeness (QED) is 0.892. The average molecular weight is 292 g/mol. The largest absolute Gasteiger partial charge is 0.496 e. The highest BCUT2D eigenvalue weighted by Crippen LogP contribution is 2.40. The van der Waals surface area contributed by atoms with Crippen molar-refractivity contribution in [2.75, 3.05) is 13.7 Å². The van der Waals surface area contributed by atoms with E-state index in [-0.39, 0.29) is 6.10 Å². The molecular weight excluding hydrogens is 264 g/mol. The summed E-state index contributed by atoms with van der Waals surface area (Å²) in [5.41, 5.74) is 1.13. The zero-order valence-electron chi connectivity index (χ0n) is 13.6. The van der Waals surface area contributed by atoms with Crippen LogP contribution in [-0.2, 0) is 4.74 Å². The van der Waals surface area contributed by atoms with Crippen molar-refractivity contribution >= 4 is 0 Å². The lowest BCUT2D eigenvalue weighted by atomic mass is 9.71. The van der Waals surface area contributed by atoms with Gasteiger partial charge in [-0.2, -0.15) is 0 Å². The number of benzene rings is 1. The topological polar surface area (TPSA) is 38.7 Å². The van der Waals surface area contributed by atoms with E-state index in [1.165, 1.54) is 6.42 Å². The van der Waals surface area contributed by atoms with E-state index in [4.69, 9.17) is 9.47 Å². The molecular formula is C18H28O3. The molecule has 0 aliphatic heterocycles. The fourth-order valence-corrected chi connectivity index (χ4v) is 3.64. The Labute approximate surface area is 128 Å². The third kappa shape index (κ3) is 4.45. The molecule has 3 nitrogen and oxygen atoms in total. The lowest BCUT2D eigenvalue weighted by molar-refractivity contribution is -0.0568. The smallest absolute Gasteiger partial charge is 0.124 e. The Balaban J connectivity index is 1.93. The van der Waals surface area contributed by atoms with Crippen molar-refractivity contribution in [2.24, 2.45) is 11.3 Å². The summed E-state index contributed by atoms with van der Waals surface area (Å²) in [5, 5.41) is 10.4. The summed E-state index contributed by atoms with van der Waals surface area (Å²) in [5.74, 6) is 1.40. The second kappa shape index (κ2) is 6.80. The van der Waals surface area contributed by atoms with E-state index >= 15 is 0 Å². The van der Waals surface area contributed by atoms with Crippen molar-refractivity contribution in [1.29, 1.82) is 0 Å². The van der Waals surface area contributed by atoms with Gasteiger partial charge in [0.15, 0.2) is 0 Å². The first-order valence-electron chi connectivity index (χ1n) is 7.84. The molecule has 0 amide bonds. The molecule has 1 aliphatic carbocycles. The molecule has 3 unspecified atom stereocenters. The summed E-state index contributed by atoms with van der Waals surface area (Å²) in [6.07, 6.45) is 3.01. The molecule has 0 spiro atoms. The summed E-state index contributed by atoms with van der Waals surface area (Å²) in [6.45, 7) is 7.22. The molecule has 1 N–H and O–H groups in total. The summed E-state index contributed by atoms with van der Waals surface area (Å²) < 4.78 is 11.3. The van der Waals surface area contributed by atoms with E-state index in [0.717, 1.165) is 18.4 Å². The first kappa shape index (κ1) is 16.3. The minimum atomic E-state index is -0.638. The van der Waals surface area contributed by atoms with Gasteiger partial charge >= 0.3 is 0 Å². The van der Waals surface area contributed by atoms with Crippen LogP contribution in [0.5, 0.6) is 5.75 Å². The molecule has 3 heteroatoms. The average Bonchev–Trinajstić information content (AvgIpc) is 2.42. The molecule has 1 aromatic carbocycles. The van der Waals surface area contributed by atoms with E-state index in [1.54, 1.807) is 7.11 Å². The highest BCUT2D eigenvalue weighted by atomic mass is 16.5. The van der Waals surface area contributed by atoms with Crippen molar-refractivity contribution in [1.82, 2.24) is 0 Å². The predicted molar refractivity (Wildman–Crippen MR) is 84.5 cm³/mol. The van der Waals surface area contributed by atoms with Crippen molar-refractivity contribution < 1.29 is 14.6 Å². The Kier molecular flexibility index (Phi) is 5.28. The maximum atomic E-state index is 10.4. The van der Waals surface area contributed by atoms with Gasteiger partial charge in [-0.3, -0.25) is 0 Å². The molecule has 0 aromatic heterocycles. The van der Waals surface area contributed by atoms with Crippen LogP contribution >= 0.6 is 0 Å². The zero-order valence-corrected chi connectivity index (χ0v) is 13.6. The highest BCUT2D eigenvalue weighted by Gasteiger charge is 2.32. The molecule has 1 fully saturated rings. The number of para-hydroxylation sites is 1. The predicted octanol–water partition coefficient (Wildman–Crippen LogP) is 3.96. The molecule has 0 saturated heterocycles. The Hall–Kier alpha value is -1.06.